The van der Waals surface area contributed by atoms with Crippen LogP contribution in [0.4, 0.5) is 15.3 Å². The Balaban J connectivity index is 1.40. The molecule has 2 heterocycles. The largest absolute Gasteiger partial charge is 0.511 e. The molecule has 1 aliphatic rings. The molecule has 8 heteroatoms. The van der Waals surface area contributed by atoms with Gasteiger partial charge in [-0.15, -0.1) is 0 Å². The van der Waals surface area contributed by atoms with Gasteiger partial charge in [0.2, 0.25) is 0 Å². The van der Waals surface area contributed by atoms with Gasteiger partial charge >= 0.3 is 12.2 Å². The fourth-order valence-electron chi connectivity index (χ4n) is 4.68. The van der Waals surface area contributed by atoms with E-state index in [0.717, 1.165) is 66.0 Å². The minimum Gasteiger partial charge on any atom is -0.449 e. The number of para-hydroxylation sites is 1. The quantitative estimate of drug-likeness (QED) is 0.258. The summed E-state index contributed by atoms with van der Waals surface area (Å²) >= 11 is 0. The first-order chi connectivity index (χ1) is 17.5. The highest BCUT2D eigenvalue weighted by Crippen LogP contribution is 2.30. The minimum absolute atomic E-state index is 0.0589. The average molecular weight is 485 g/mol. The van der Waals surface area contributed by atoms with Crippen LogP contribution in [-0.4, -0.2) is 44.8 Å². The Kier molecular flexibility index (Phi) is 6.58. The summed E-state index contributed by atoms with van der Waals surface area (Å²) < 4.78 is 7.11. The molecule has 184 valence electrons. The molecule has 5 rings (SSSR count). The second-order valence-corrected chi connectivity index (χ2v) is 8.86. The molecule has 0 unspecified atom stereocenters. The first kappa shape index (κ1) is 23.4. The van der Waals surface area contributed by atoms with Crippen LogP contribution in [0.1, 0.15) is 31.2 Å². The van der Waals surface area contributed by atoms with Gasteiger partial charge in [0.25, 0.3) is 0 Å². The summed E-state index contributed by atoms with van der Waals surface area (Å²) in [5, 5.41) is 12.1. The Morgan fingerprint density at radius 1 is 1.03 bits per heavy atom. The fraction of sp³-hybridized carbons (Fsp3) is 0.250. The Labute approximate surface area is 209 Å². The molecule has 36 heavy (non-hydrogen) atoms. The molecule has 2 N–H and O–H groups in total. The number of carbonyl (C=O) groups is 2. The van der Waals surface area contributed by atoms with Crippen LogP contribution in [0.25, 0.3) is 22.2 Å². The van der Waals surface area contributed by atoms with Gasteiger partial charge in [0.1, 0.15) is 11.6 Å². The number of nitrogens with zero attached hydrogens (tertiary/aromatic N) is 3. The number of hydrogen-bond acceptors (Lipinski definition) is 4. The Morgan fingerprint density at radius 3 is 2.50 bits per heavy atom. The number of benzene rings is 3. The Hall–Kier alpha value is -4.33. The molecule has 0 radical (unpaired) electrons. The number of amides is 2. The van der Waals surface area contributed by atoms with Gasteiger partial charge in [-0.3, -0.25) is 0 Å². The maximum Gasteiger partial charge on any atom is 0.511 e. The molecule has 2 amide bonds. The lowest BCUT2D eigenvalue weighted by molar-refractivity contribution is 0.144. The number of urea groups is 1. The molecule has 8 nitrogen and oxygen atoms in total. The zero-order valence-corrected chi connectivity index (χ0v) is 20.1. The second kappa shape index (κ2) is 10.1. The molecule has 0 saturated carbocycles. The van der Waals surface area contributed by atoms with Gasteiger partial charge < -0.3 is 24.6 Å². The highest BCUT2D eigenvalue weighted by Gasteiger charge is 2.18. The lowest BCUT2D eigenvalue weighted by Gasteiger charge is -2.16. The van der Waals surface area contributed by atoms with Gasteiger partial charge in [-0.1, -0.05) is 49.4 Å². The summed E-state index contributed by atoms with van der Waals surface area (Å²) in [6.45, 7) is 4.30. The van der Waals surface area contributed by atoms with E-state index in [1.165, 1.54) is 0 Å². The predicted molar refractivity (Wildman–Crippen MR) is 139 cm³/mol. The molecule has 0 aliphatic carbocycles. The molecule has 0 spiro atoms. The molecular formula is C28H28N4O4. The molecule has 1 aliphatic heterocycles. The number of nitrogens with one attached hydrogen (secondary N) is 1. The molecule has 0 atom stereocenters. The smallest absolute Gasteiger partial charge is 0.449 e. The van der Waals surface area contributed by atoms with Crippen LogP contribution in [0.5, 0.6) is 5.75 Å². The molecular weight excluding hydrogens is 456 g/mol. The maximum absolute atomic E-state index is 12.6. The third-order valence-corrected chi connectivity index (χ3v) is 6.48. The number of likely N-dealkylation sites (tertiary alicyclic amines) is 1. The van der Waals surface area contributed by atoms with Crippen molar-refractivity contribution in [1.29, 1.82) is 0 Å². The number of fused-ring (bicyclic) bond motifs is 1. The Morgan fingerprint density at radius 2 is 1.78 bits per heavy atom. The SMILES string of the molecule is CCc1nc2ccc(NC(=O)N3CCCC3)cc2n1Cc1ccc(-c2ccccc2OC(=O)O)cc1. The fourth-order valence-corrected chi connectivity index (χ4v) is 4.68. The zero-order valence-electron chi connectivity index (χ0n) is 20.1. The highest BCUT2D eigenvalue weighted by molar-refractivity contribution is 5.92. The number of aromatic nitrogens is 2. The topological polar surface area (TPSA) is 96.7 Å². The summed E-state index contributed by atoms with van der Waals surface area (Å²) in [6.07, 6.45) is 1.54. The van der Waals surface area contributed by atoms with Gasteiger partial charge in [-0.05, 0) is 48.2 Å². The second-order valence-electron chi connectivity index (χ2n) is 8.86. The van der Waals surface area contributed by atoms with E-state index in [0.29, 0.717) is 17.9 Å². The maximum atomic E-state index is 12.6. The van der Waals surface area contributed by atoms with E-state index in [4.69, 9.17) is 14.8 Å². The van der Waals surface area contributed by atoms with Gasteiger partial charge in [-0.25, -0.2) is 14.6 Å². The van der Waals surface area contributed by atoms with Crippen molar-refractivity contribution in [3.63, 3.8) is 0 Å². The number of hydrogen-bond donors (Lipinski definition) is 2. The predicted octanol–water partition coefficient (Wildman–Crippen LogP) is 6.00. The lowest BCUT2D eigenvalue weighted by atomic mass is 10.0. The lowest BCUT2D eigenvalue weighted by Crippen LogP contribution is -2.32. The summed E-state index contributed by atoms with van der Waals surface area (Å²) in [5.41, 5.74) is 5.28. The van der Waals surface area contributed by atoms with Crippen molar-refractivity contribution in [2.24, 2.45) is 0 Å². The molecule has 1 fully saturated rings. The first-order valence-corrected chi connectivity index (χ1v) is 12.2. The number of anilines is 1. The van der Waals surface area contributed by atoms with Gasteiger partial charge in [-0.2, -0.15) is 0 Å². The third-order valence-electron chi connectivity index (χ3n) is 6.48. The van der Waals surface area contributed by atoms with Gasteiger partial charge in [0.05, 0.1) is 11.0 Å². The normalized spacial score (nSPS) is 13.2. The van der Waals surface area contributed by atoms with Crippen molar-refractivity contribution in [1.82, 2.24) is 14.5 Å². The van der Waals surface area contributed by atoms with Crippen molar-refractivity contribution in [2.75, 3.05) is 18.4 Å². The van der Waals surface area contributed by atoms with Crippen LogP contribution in [0.3, 0.4) is 0 Å². The molecule has 1 saturated heterocycles. The molecule has 0 bridgehead atoms. The number of aryl methyl sites for hydroxylation is 1. The van der Waals surface area contributed by atoms with E-state index in [2.05, 4.69) is 16.8 Å². The summed E-state index contributed by atoms with van der Waals surface area (Å²) in [4.78, 5) is 30.3. The third kappa shape index (κ3) is 4.88. The van der Waals surface area contributed by atoms with Crippen molar-refractivity contribution in [2.45, 2.75) is 32.7 Å². The number of carboxylic acid groups (broad SMARTS) is 1. The summed E-state index contributed by atoms with van der Waals surface area (Å²) in [6, 6.07) is 20.8. The highest BCUT2D eigenvalue weighted by atomic mass is 16.7. The van der Waals surface area contributed by atoms with Crippen molar-refractivity contribution in [3.05, 3.63) is 78.1 Å². The van der Waals surface area contributed by atoms with E-state index in [1.54, 1.807) is 12.1 Å². The van der Waals surface area contributed by atoms with Crippen molar-refractivity contribution < 1.29 is 19.4 Å². The van der Waals surface area contributed by atoms with E-state index in [1.807, 2.05) is 59.5 Å². The van der Waals surface area contributed by atoms with Crippen LogP contribution in [0, 0.1) is 0 Å². The number of ether oxygens (including phenoxy) is 1. The van der Waals surface area contributed by atoms with Crippen LogP contribution >= 0.6 is 0 Å². The average Bonchev–Trinajstić information content (AvgIpc) is 3.53. The Bertz CT molecular complexity index is 1410. The number of rotatable bonds is 6. The van der Waals surface area contributed by atoms with E-state index < -0.39 is 6.16 Å². The van der Waals surface area contributed by atoms with Crippen molar-refractivity contribution >= 4 is 28.9 Å². The van der Waals surface area contributed by atoms with E-state index in [9.17, 15) is 9.59 Å². The summed E-state index contributed by atoms with van der Waals surface area (Å²) in [5.74, 6) is 1.27. The van der Waals surface area contributed by atoms with Gasteiger partial charge in [0, 0.05) is 37.3 Å². The van der Waals surface area contributed by atoms with E-state index >= 15 is 0 Å². The standard InChI is InChI=1S/C28H28N4O4/c1-2-26-30-23-14-13-21(29-27(33)31-15-5-6-16-31)17-24(23)32(26)18-19-9-11-20(12-10-19)22-7-3-4-8-25(22)36-28(34)35/h3-4,7-14,17H,2,5-6,15-16,18H2,1H3,(H,29,33)(H,34,35). The number of carbonyl (C=O) groups excluding carboxylic acids is 1. The van der Waals surface area contributed by atoms with Gasteiger partial charge in [0.15, 0.2) is 0 Å². The van der Waals surface area contributed by atoms with Crippen LogP contribution in [-0.2, 0) is 13.0 Å². The number of imidazole rings is 1. The molecule has 4 aromatic rings. The molecule has 3 aromatic carbocycles. The van der Waals surface area contributed by atoms with Crippen molar-refractivity contribution in [3.8, 4) is 16.9 Å². The minimum atomic E-state index is -1.34. The monoisotopic (exact) mass is 484 g/mol. The zero-order chi connectivity index (χ0) is 25.1. The van der Waals surface area contributed by atoms with E-state index in [-0.39, 0.29) is 6.03 Å². The van der Waals surface area contributed by atoms with Crippen LogP contribution < -0.4 is 10.1 Å². The summed E-state index contributed by atoms with van der Waals surface area (Å²) in [7, 11) is 0. The molecule has 1 aromatic heterocycles. The van der Waals surface area contributed by atoms with Crippen LogP contribution in [0.15, 0.2) is 66.7 Å². The first-order valence-electron chi connectivity index (χ1n) is 12.2. The van der Waals surface area contributed by atoms with Crippen LogP contribution in [0.2, 0.25) is 0 Å².